The molecule has 0 fully saturated rings. The molecule has 0 N–H and O–H groups in total. The summed E-state index contributed by atoms with van der Waals surface area (Å²) in [5.74, 6) is 2.83. The van der Waals surface area contributed by atoms with Gasteiger partial charge in [0.1, 0.15) is 0 Å². The van der Waals surface area contributed by atoms with Gasteiger partial charge in [0.05, 0.1) is 6.04 Å². The Kier molecular flexibility index (Phi) is 338. The van der Waals surface area contributed by atoms with Crippen molar-refractivity contribution >= 4 is 0 Å². The fourth-order valence-corrected chi connectivity index (χ4v) is 0.462. The Hall–Kier alpha value is 7.78. The molecule has 0 aliphatic heterocycles. The number of hydrogen-bond acceptors (Lipinski definition) is 7. The molecule has 288 valence electrons. The minimum Gasteiger partial charge on any atom is -0.712 e. The predicted molar refractivity (Wildman–Crippen MR) is 154 cm³/mol. The first-order chi connectivity index (χ1) is 15.2. The van der Waals surface area contributed by atoms with Crippen LogP contribution < -0.4 is 0 Å². The molecule has 48 heavy (non-hydrogen) atoms. The molecule has 0 aromatic carbocycles. The second kappa shape index (κ2) is 117. The molecule has 0 aromatic heterocycles. The molecule has 22 heteroatoms. The first kappa shape index (κ1) is 138. The van der Waals surface area contributed by atoms with Crippen molar-refractivity contribution in [2.24, 2.45) is 46.6 Å². The Morgan fingerprint density at radius 1 is 0.583 bits per heavy atom. The van der Waals surface area contributed by atoms with Crippen LogP contribution >= 0.6 is 0 Å². The maximum absolute atomic E-state index is 7.19. The van der Waals surface area contributed by atoms with E-state index < -0.39 is 0 Å². The number of azo groups is 3. The molecule has 8 nitrogen and oxygen atoms in total. The minimum atomic E-state index is 0. The monoisotopic (exact) mass is 3060 g/mol. The predicted octanol–water partition coefficient (Wildman–Crippen LogP) is 10.3. The SMILES string of the molecule is CN=NC(C)C(C)(C)C.CN=[N-].C[C-](C)C.C[C-](C)C.C[CH-]N=NC.[CH2-]C(C)(C)C.[CH2-]N=NC.[W+2].[W+2].[W+2].[W].[W].[W].[W].[W].[W].[W].[W].[W].[W].[W]. The van der Waals surface area contributed by atoms with Crippen molar-refractivity contribution in [3.05, 3.63) is 37.9 Å². The molecule has 0 aliphatic rings. The summed E-state index contributed by atoms with van der Waals surface area (Å²) < 4.78 is 0. The van der Waals surface area contributed by atoms with Crippen LogP contribution in [0.25, 0.3) is 5.53 Å². The van der Waals surface area contributed by atoms with Gasteiger partial charge in [-0.05, 0) is 12.3 Å². The molecule has 0 spiro atoms. The second-order valence-electron chi connectivity index (χ2n) is 10.0. The average Bonchev–Trinajstić information content (AvgIpc) is 2.61. The Morgan fingerprint density at radius 2 is 0.750 bits per heavy atom. The molecule has 1 unspecified atom stereocenters. The van der Waals surface area contributed by atoms with Crippen LogP contribution in [-0.4, -0.2) is 34.2 Å². The van der Waals surface area contributed by atoms with Crippen molar-refractivity contribution in [2.45, 2.75) is 103 Å². The van der Waals surface area contributed by atoms with Crippen LogP contribution in [0.2, 0.25) is 0 Å². The molecule has 0 saturated heterocycles. The van der Waals surface area contributed by atoms with E-state index in [2.05, 4.69) is 140 Å². The summed E-state index contributed by atoms with van der Waals surface area (Å²) in [4.78, 5) is 0. The fraction of sp³-hybridized carbons (Fsp3) is 0.808. The maximum Gasteiger partial charge on any atom is 2.00 e. The van der Waals surface area contributed by atoms with E-state index in [1.165, 1.54) is 18.9 Å². The average molecular weight is 3060 g/mol. The van der Waals surface area contributed by atoms with Crippen LogP contribution in [0.1, 0.15) is 96.9 Å². The van der Waals surface area contributed by atoms with Gasteiger partial charge in [-0.2, -0.15) is 64.1 Å². The quantitative estimate of drug-likeness (QED) is 0.194. The third-order valence-corrected chi connectivity index (χ3v) is 1.91. The van der Waals surface area contributed by atoms with Crippen LogP contribution in [0, 0.1) is 43.2 Å². The first-order valence-electron chi connectivity index (χ1n) is 11.2. The van der Waals surface area contributed by atoms with Gasteiger partial charge >= 0.3 is 63.2 Å². The molecule has 0 radical (unpaired) electrons. The van der Waals surface area contributed by atoms with E-state index in [-0.39, 0.29) is 306 Å². The Labute approximate surface area is 501 Å². The van der Waals surface area contributed by atoms with Crippen LogP contribution in [0.5, 0.6) is 0 Å². The topological polar surface area (TPSA) is 109 Å². The van der Waals surface area contributed by atoms with E-state index in [1.54, 1.807) is 27.7 Å². The van der Waals surface area contributed by atoms with Gasteiger partial charge in [0.25, 0.3) is 0 Å². The minimum absolute atomic E-state index is 0. The van der Waals surface area contributed by atoms with Gasteiger partial charge in [-0.3, -0.25) is 13.6 Å². The summed E-state index contributed by atoms with van der Waals surface area (Å²) in [6, 6.07) is 0.322. The van der Waals surface area contributed by atoms with Gasteiger partial charge < -0.3 is 39.6 Å². The molecule has 0 amide bonds. The zero-order chi connectivity index (χ0) is 29.4. The summed E-state index contributed by atoms with van der Waals surface area (Å²) in [7, 11) is 9.29. The molecule has 0 heterocycles. The third kappa shape index (κ3) is 383. The van der Waals surface area contributed by atoms with Gasteiger partial charge in [-0.1, -0.05) is 41.5 Å². The van der Waals surface area contributed by atoms with Crippen molar-refractivity contribution in [3.63, 3.8) is 0 Å². The third-order valence-electron chi connectivity index (χ3n) is 1.91. The van der Waals surface area contributed by atoms with E-state index in [0.29, 0.717) is 6.04 Å². The van der Waals surface area contributed by atoms with Crippen LogP contribution in [0.3, 0.4) is 0 Å². The first-order valence-corrected chi connectivity index (χ1v) is 11.2. The molecule has 0 aromatic rings. The summed E-state index contributed by atoms with van der Waals surface area (Å²) in [6.45, 7) is 34.5. The number of rotatable bonds is 2. The molecule has 0 rings (SSSR count). The Balaban J connectivity index is -0.00000000910. The van der Waals surface area contributed by atoms with E-state index >= 15 is 0 Å². The van der Waals surface area contributed by atoms with Crippen molar-refractivity contribution in [1.82, 2.24) is 0 Å². The van der Waals surface area contributed by atoms with Crippen LogP contribution in [-0.2, 0) is 295 Å². The van der Waals surface area contributed by atoms with Crippen LogP contribution in [0.4, 0.5) is 0 Å². The zero-order valence-corrected chi connectivity index (χ0v) is 72.9. The van der Waals surface area contributed by atoms with Gasteiger partial charge in [0.15, 0.2) is 0 Å². The molecule has 0 aliphatic carbocycles. The van der Waals surface area contributed by atoms with E-state index in [1.807, 2.05) is 6.92 Å². The zero-order valence-electron chi connectivity index (χ0n) is 31.9. The van der Waals surface area contributed by atoms with Gasteiger partial charge in [0.2, 0.25) is 0 Å². The van der Waals surface area contributed by atoms with Crippen LogP contribution in [0.15, 0.2) is 35.8 Å². The molecular formula is C26H60N8W14. The van der Waals surface area contributed by atoms with Crippen molar-refractivity contribution in [2.75, 3.05) is 28.2 Å². The number of hydrogen-bond donors (Lipinski definition) is 0. The molecule has 0 saturated carbocycles. The van der Waals surface area contributed by atoms with Gasteiger partial charge in [-0.25, -0.2) is 10.2 Å². The molecular weight excluding hydrogens is 3000 g/mol. The second-order valence-corrected chi connectivity index (χ2v) is 10.0. The normalized spacial score (nSPS) is 7.85. The smallest absolute Gasteiger partial charge is 0.712 e. The Bertz CT molecular complexity index is 436. The number of nitrogens with zero attached hydrogens (tertiary/aromatic N) is 8. The largest absolute Gasteiger partial charge is 2.00 e. The van der Waals surface area contributed by atoms with E-state index in [4.69, 9.17) is 5.53 Å². The summed E-state index contributed by atoms with van der Waals surface area (Å²) >= 11 is 0. The Morgan fingerprint density at radius 3 is 0.771 bits per heavy atom. The van der Waals surface area contributed by atoms with Gasteiger partial charge in [-0.15, -0.1) is 0 Å². The van der Waals surface area contributed by atoms with Crippen molar-refractivity contribution in [3.8, 4) is 0 Å². The van der Waals surface area contributed by atoms with Crippen molar-refractivity contribution < 1.29 is 295 Å². The fourth-order valence-electron chi connectivity index (χ4n) is 0.462. The van der Waals surface area contributed by atoms with Crippen molar-refractivity contribution in [1.29, 1.82) is 0 Å². The van der Waals surface area contributed by atoms with E-state index in [9.17, 15) is 0 Å². The van der Waals surface area contributed by atoms with E-state index in [0.717, 1.165) is 0 Å². The standard InChI is InChI=1S/C7H16N2.C5H11.2C4H9.C3H7N2.C2H5N2.CH3N2.14W/c1-6(9-8-5)7(2,3)4;1-5(2,3)4;2*1-4(2)3;1-3-5-4-2;1-3-4-2;1-3-2;;;;;;;;;;;;;;/h6H,1-5H3;1H2,2-4H3;2*1-3H3;3H,1-2H3;1H2,2H3;1H3;;;;;;;;;;;;;;/q;6*-1;;;;;;;;;;;;3*+2. The maximum atomic E-state index is 7.19. The summed E-state index contributed by atoms with van der Waals surface area (Å²) in [6.07, 6.45) is 0. The molecule has 0 bridgehead atoms. The van der Waals surface area contributed by atoms with Gasteiger partial charge in [0, 0.05) is 260 Å². The summed E-state index contributed by atoms with van der Waals surface area (Å²) in [5.41, 5.74) is 7.69. The molecule has 1 atom stereocenters. The summed E-state index contributed by atoms with van der Waals surface area (Å²) in [5, 5.41) is 23.5.